The van der Waals surface area contributed by atoms with E-state index in [-0.39, 0.29) is 6.54 Å². The summed E-state index contributed by atoms with van der Waals surface area (Å²) in [6.45, 7) is 2.35. The number of imide groups is 1. The molecule has 0 radical (unpaired) electrons. The molecule has 2 aliphatic heterocycles. The molecule has 1 saturated heterocycles. The van der Waals surface area contributed by atoms with Gasteiger partial charge in [-0.05, 0) is 30.2 Å². The van der Waals surface area contributed by atoms with Crippen LogP contribution in [0.5, 0.6) is 11.5 Å². The molecule has 5 rings (SSSR count). The summed E-state index contributed by atoms with van der Waals surface area (Å²) in [4.78, 5) is 42.3. The molecule has 1 fully saturated rings. The molecular weight excluding hydrogens is 470 g/mol. The minimum Gasteiger partial charge on any atom is -0.486 e. The molecule has 0 saturated carbocycles. The zero-order chi connectivity index (χ0) is 25.8. The third-order valence-electron chi connectivity index (χ3n) is 6.46. The first-order chi connectivity index (χ1) is 18.0. The van der Waals surface area contributed by atoms with Crippen LogP contribution in [0, 0.1) is 0 Å². The van der Waals surface area contributed by atoms with E-state index in [4.69, 9.17) is 9.47 Å². The van der Waals surface area contributed by atoms with Crippen LogP contribution in [0.1, 0.15) is 18.1 Å². The van der Waals surface area contributed by atoms with Gasteiger partial charge >= 0.3 is 6.03 Å². The average molecular weight is 498 g/mol. The lowest BCUT2D eigenvalue weighted by atomic mass is 9.92. The SMILES string of the molecule is CC1(c2ccccc2)NC(=O)N(CC(=O)N(C/C=C/c2ccccc2)c2ccc3c(c2)OCCO3)C1=O. The Morgan fingerprint density at radius 3 is 2.38 bits per heavy atom. The van der Waals surface area contributed by atoms with Crippen molar-refractivity contribution in [1.82, 2.24) is 10.2 Å². The van der Waals surface area contributed by atoms with Crippen LogP contribution in [0.2, 0.25) is 0 Å². The molecular formula is C29H27N3O5. The topological polar surface area (TPSA) is 88.2 Å². The molecule has 2 aliphatic rings. The number of amides is 4. The Morgan fingerprint density at radius 1 is 0.973 bits per heavy atom. The van der Waals surface area contributed by atoms with Crippen molar-refractivity contribution in [2.24, 2.45) is 0 Å². The van der Waals surface area contributed by atoms with Gasteiger partial charge < -0.3 is 19.7 Å². The minimum atomic E-state index is -1.24. The highest BCUT2D eigenvalue weighted by Gasteiger charge is 2.49. The fourth-order valence-corrected chi connectivity index (χ4v) is 4.44. The predicted octanol–water partition coefficient (Wildman–Crippen LogP) is 3.97. The minimum absolute atomic E-state index is 0.229. The molecule has 0 bridgehead atoms. The van der Waals surface area contributed by atoms with Crippen LogP contribution in [-0.4, -0.2) is 49.0 Å². The Kier molecular flexibility index (Phi) is 6.64. The quantitative estimate of drug-likeness (QED) is 0.499. The van der Waals surface area contributed by atoms with Crippen LogP contribution in [-0.2, 0) is 15.1 Å². The van der Waals surface area contributed by atoms with Crippen molar-refractivity contribution in [3.8, 4) is 11.5 Å². The van der Waals surface area contributed by atoms with E-state index in [0.717, 1.165) is 10.5 Å². The van der Waals surface area contributed by atoms with Crippen molar-refractivity contribution in [1.29, 1.82) is 0 Å². The first kappa shape index (κ1) is 24.1. The lowest BCUT2D eigenvalue weighted by Crippen LogP contribution is -2.44. The van der Waals surface area contributed by atoms with Crippen molar-refractivity contribution < 1.29 is 23.9 Å². The lowest BCUT2D eigenvalue weighted by Gasteiger charge is -2.26. The monoisotopic (exact) mass is 497 g/mol. The van der Waals surface area contributed by atoms with Gasteiger partial charge in [0.1, 0.15) is 25.3 Å². The molecule has 1 N–H and O–H groups in total. The van der Waals surface area contributed by atoms with Gasteiger partial charge in [0.2, 0.25) is 5.91 Å². The van der Waals surface area contributed by atoms with E-state index in [0.29, 0.717) is 36.0 Å². The zero-order valence-corrected chi connectivity index (χ0v) is 20.4. The first-order valence-corrected chi connectivity index (χ1v) is 12.1. The molecule has 0 spiro atoms. The standard InChI is InChI=1S/C29H27N3O5/c1-29(22-12-6-3-7-13-22)27(34)32(28(35)30-29)20-26(33)31(16-8-11-21-9-4-2-5-10-21)23-14-15-24-25(19-23)37-18-17-36-24/h2-15,19H,16-18,20H2,1H3,(H,30,35)/b11-8+. The highest BCUT2D eigenvalue weighted by molar-refractivity contribution is 6.10. The molecule has 2 heterocycles. The molecule has 188 valence electrons. The molecule has 3 aromatic rings. The number of fused-ring (bicyclic) bond motifs is 1. The van der Waals surface area contributed by atoms with Crippen molar-refractivity contribution >= 4 is 29.6 Å². The van der Waals surface area contributed by atoms with Crippen molar-refractivity contribution in [3.63, 3.8) is 0 Å². The molecule has 37 heavy (non-hydrogen) atoms. The number of urea groups is 1. The highest BCUT2D eigenvalue weighted by atomic mass is 16.6. The number of rotatable bonds is 7. The highest BCUT2D eigenvalue weighted by Crippen LogP contribution is 2.34. The predicted molar refractivity (Wildman–Crippen MR) is 139 cm³/mol. The zero-order valence-electron chi connectivity index (χ0n) is 20.4. The number of hydrogen-bond acceptors (Lipinski definition) is 5. The van der Waals surface area contributed by atoms with E-state index >= 15 is 0 Å². The van der Waals surface area contributed by atoms with Gasteiger partial charge in [-0.1, -0.05) is 72.8 Å². The molecule has 4 amide bonds. The third-order valence-corrected chi connectivity index (χ3v) is 6.46. The number of nitrogens with one attached hydrogen (secondary N) is 1. The molecule has 0 aliphatic carbocycles. The van der Waals surface area contributed by atoms with Gasteiger partial charge in [-0.25, -0.2) is 4.79 Å². The van der Waals surface area contributed by atoms with E-state index < -0.39 is 29.9 Å². The van der Waals surface area contributed by atoms with Crippen molar-refractivity contribution in [2.75, 3.05) is 31.2 Å². The smallest absolute Gasteiger partial charge is 0.325 e. The molecule has 0 aromatic heterocycles. The number of hydrogen-bond donors (Lipinski definition) is 1. The number of benzene rings is 3. The second-order valence-electron chi connectivity index (χ2n) is 8.96. The van der Waals surface area contributed by atoms with E-state index in [2.05, 4.69) is 5.32 Å². The number of anilines is 1. The maximum atomic E-state index is 13.6. The molecule has 8 nitrogen and oxygen atoms in total. The number of carbonyl (C=O) groups excluding carboxylic acids is 3. The Balaban J connectivity index is 1.40. The van der Waals surface area contributed by atoms with Crippen LogP contribution < -0.4 is 19.7 Å². The largest absolute Gasteiger partial charge is 0.486 e. The van der Waals surface area contributed by atoms with Gasteiger partial charge in [-0.3, -0.25) is 14.5 Å². The fourth-order valence-electron chi connectivity index (χ4n) is 4.44. The van der Waals surface area contributed by atoms with Crippen LogP contribution in [0.15, 0.2) is 84.9 Å². The second-order valence-corrected chi connectivity index (χ2v) is 8.96. The van der Waals surface area contributed by atoms with Crippen LogP contribution in [0.25, 0.3) is 6.08 Å². The third kappa shape index (κ3) is 4.91. The first-order valence-electron chi connectivity index (χ1n) is 12.1. The molecule has 1 unspecified atom stereocenters. The number of ether oxygens (including phenoxy) is 2. The van der Waals surface area contributed by atoms with Gasteiger partial charge in [0.25, 0.3) is 5.91 Å². The summed E-state index contributed by atoms with van der Waals surface area (Å²) < 4.78 is 11.3. The summed E-state index contributed by atoms with van der Waals surface area (Å²) in [5, 5.41) is 2.75. The number of carbonyl (C=O) groups is 3. The van der Waals surface area contributed by atoms with Crippen LogP contribution in [0.3, 0.4) is 0 Å². The van der Waals surface area contributed by atoms with E-state index in [1.54, 1.807) is 49.4 Å². The van der Waals surface area contributed by atoms with Gasteiger partial charge in [-0.15, -0.1) is 0 Å². The van der Waals surface area contributed by atoms with Crippen molar-refractivity contribution in [3.05, 3.63) is 96.1 Å². The Labute approximate surface area is 215 Å². The molecule has 1 atom stereocenters. The van der Waals surface area contributed by atoms with Gasteiger partial charge in [0.15, 0.2) is 11.5 Å². The summed E-state index contributed by atoms with van der Waals surface area (Å²) in [5.41, 5.74) is 0.973. The van der Waals surface area contributed by atoms with Crippen molar-refractivity contribution in [2.45, 2.75) is 12.5 Å². The summed E-state index contributed by atoms with van der Waals surface area (Å²) in [7, 11) is 0. The van der Waals surface area contributed by atoms with Gasteiger partial charge in [0, 0.05) is 18.3 Å². The normalized spacial score (nSPS) is 18.7. The van der Waals surface area contributed by atoms with Crippen LogP contribution in [0.4, 0.5) is 10.5 Å². The summed E-state index contributed by atoms with van der Waals surface area (Å²) in [6, 6.07) is 23.4. The summed E-state index contributed by atoms with van der Waals surface area (Å²) in [6.07, 6.45) is 3.78. The van der Waals surface area contributed by atoms with Gasteiger partial charge in [0.05, 0.1) is 0 Å². The Bertz CT molecular complexity index is 1340. The van der Waals surface area contributed by atoms with E-state index in [1.807, 2.05) is 48.6 Å². The Morgan fingerprint density at radius 2 is 1.65 bits per heavy atom. The lowest BCUT2D eigenvalue weighted by molar-refractivity contribution is -0.134. The molecule has 8 heteroatoms. The molecule has 3 aromatic carbocycles. The summed E-state index contributed by atoms with van der Waals surface area (Å²) in [5.74, 6) is 0.268. The Hall–Kier alpha value is -4.59. The maximum Gasteiger partial charge on any atom is 0.325 e. The van der Waals surface area contributed by atoms with E-state index in [9.17, 15) is 14.4 Å². The average Bonchev–Trinajstić information content (AvgIpc) is 3.15. The van der Waals surface area contributed by atoms with Crippen LogP contribution >= 0.6 is 0 Å². The summed E-state index contributed by atoms with van der Waals surface area (Å²) >= 11 is 0. The maximum absolute atomic E-state index is 13.6. The van der Waals surface area contributed by atoms with Gasteiger partial charge in [-0.2, -0.15) is 0 Å². The fraction of sp³-hybridized carbons (Fsp3) is 0.207. The second kappa shape index (κ2) is 10.2. The number of nitrogens with zero attached hydrogens (tertiary/aromatic N) is 2. The van der Waals surface area contributed by atoms with E-state index in [1.165, 1.54) is 4.90 Å².